The van der Waals surface area contributed by atoms with Gasteiger partial charge in [-0.1, -0.05) is 60.1 Å². The number of rotatable bonds is 18. The van der Waals surface area contributed by atoms with Crippen LogP contribution in [-0.4, -0.2) is 79.5 Å². The molecule has 4 N–H and O–H groups in total. The number of nitrogens with one attached hydrogen (secondary N) is 4. The van der Waals surface area contributed by atoms with E-state index in [0.29, 0.717) is 25.8 Å². The molecule has 0 saturated heterocycles. The Bertz CT molecular complexity index is 1580. The summed E-state index contributed by atoms with van der Waals surface area (Å²) < 4.78 is 16.4. The van der Waals surface area contributed by atoms with Crippen LogP contribution in [0.4, 0.5) is 9.59 Å². The molecule has 3 rings (SSSR count). The van der Waals surface area contributed by atoms with Crippen LogP contribution in [0.15, 0.2) is 53.6 Å². The van der Waals surface area contributed by atoms with Gasteiger partial charge in [-0.2, -0.15) is 0 Å². The van der Waals surface area contributed by atoms with Gasteiger partial charge in [0.2, 0.25) is 11.8 Å². The SMILES string of the molecule is CC(C)(C)OC(=O)C[C@H](NC(=O)[C@H](CCCNC(=O)OC(C)(C)C)NC(=O)OCC1c2ccccc2-c2ccccc21)C(=O)NCCCCCN=[N+]=[N-]. The van der Waals surface area contributed by atoms with Gasteiger partial charge in [-0.15, -0.1) is 0 Å². The number of carbonyl (C=O) groups excluding carboxylic acids is 5. The average molecular weight is 736 g/mol. The Balaban J connectivity index is 1.72. The van der Waals surface area contributed by atoms with Crippen LogP contribution >= 0.6 is 0 Å². The van der Waals surface area contributed by atoms with E-state index in [1.54, 1.807) is 41.5 Å². The molecular formula is C38H53N7O8. The van der Waals surface area contributed by atoms with Gasteiger partial charge in [0.25, 0.3) is 0 Å². The fraction of sp³-hybridized carbons (Fsp3) is 0.553. The molecule has 0 unspecified atom stereocenters. The Morgan fingerprint density at radius 2 is 1.34 bits per heavy atom. The molecule has 0 radical (unpaired) electrons. The summed E-state index contributed by atoms with van der Waals surface area (Å²) in [7, 11) is 0. The van der Waals surface area contributed by atoms with Crippen molar-refractivity contribution in [3.8, 4) is 11.1 Å². The highest BCUT2D eigenvalue weighted by Gasteiger charge is 2.32. The predicted octanol–water partition coefficient (Wildman–Crippen LogP) is 6.01. The third-order valence-corrected chi connectivity index (χ3v) is 8.01. The van der Waals surface area contributed by atoms with Crippen molar-refractivity contribution in [3.63, 3.8) is 0 Å². The van der Waals surface area contributed by atoms with Gasteiger partial charge in [-0.3, -0.25) is 14.4 Å². The van der Waals surface area contributed by atoms with Crippen molar-refractivity contribution in [2.75, 3.05) is 26.2 Å². The Kier molecular flexibility index (Phi) is 16.0. The second-order valence-electron chi connectivity index (χ2n) is 14.8. The number of amides is 4. The molecule has 2 aromatic rings. The quantitative estimate of drug-likeness (QED) is 0.0355. The van der Waals surface area contributed by atoms with Gasteiger partial charge < -0.3 is 35.5 Å². The first-order chi connectivity index (χ1) is 25.1. The molecule has 4 amide bonds. The molecule has 15 heteroatoms. The highest BCUT2D eigenvalue weighted by molar-refractivity contribution is 5.93. The number of nitrogens with zero attached hydrogens (tertiary/aromatic N) is 3. The van der Waals surface area contributed by atoms with Crippen molar-refractivity contribution in [2.45, 2.75) is 109 Å². The van der Waals surface area contributed by atoms with Crippen molar-refractivity contribution in [1.29, 1.82) is 0 Å². The van der Waals surface area contributed by atoms with E-state index in [0.717, 1.165) is 22.3 Å². The first kappa shape index (κ1) is 42.1. The number of hydrogen-bond acceptors (Lipinski definition) is 9. The van der Waals surface area contributed by atoms with Crippen LogP contribution in [0, 0.1) is 0 Å². The van der Waals surface area contributed by atoms with E-state index in [2.05, 4.69) is 31.3 Å². The number of esters is 1. The zero-order valence-corrected chi connectivity index (χ0v) is 31.5. The van der Waals surface area contributed by atoms with Crippen molar-refractivity contribution in [3.05, 3.63) is 70.1 Å². The van der Waals surface area contributed by atoms with Crippen molar-refractivity contribution < 1.29 is 38.2 Å². The molecule has 0 bridgehead atoms. The summed E-state index contributed by atoms with van der Waals surface area (Å²) in [5.74, 6) is -2.24. The molecule has 2 aromatic carbocycles. The third kappa shape index (κ3) is 14.7. The minimum atomic E-state index is -1.31. The maximum absolute atomic E-state index is 13.8. The lowest BCUT2D eigenvalue weighted by Crippen LogP contribution is -2.54. The first-order valence-electron chi connectivity index (χ1n) is 18.0. The maximum Gasteiger partial charge on any atom is 0.407 e. The Morgan fingerprint density at radius 3 is 1.94 bits per heavy atom. The van der Waals surface area contributed by atoms with Gasteiger partial charge in [0.15, 0.2) is 0 Å². The third-order valence-electron chi connectivity index (χ3n) is 8.01. The van der Waals surface area contributed by atoms with Crippen LogP contribution in [0.25, 0.3) is 21.6 Å². The van der Waals surface area contributed by atoms with Crippen molar-refractivity contribution >= 4 is 30.0 Å². The number of hydrogen-bond donors (Lipinski definition) is 4. The molecule has 0 aliphatic heterocycles. The number of unbranched alkanes of at least 4 members (excludes halogenated alkanes) is 2. The number of alkyl carbamates (subject to hydrolysis) is 2. The lowest BCUT2D eigenvalue weighted by Gasteiger charge is -2.25. The fourth-order valence-electron chi connectivity index (χ4n) is 5.76. The van der Waals surface area contributed by atoms with Crippen LogP contribution in [0.1, 0.15) is 97.1 Å². The van der Waals surface area contributed by atoms with Crippen LogP contribution in [-0.2, 0) is 28.6 Å². The van der Waals surface area contributed by atoms with Crippen LogP contribution < -0.4 is 21.3 Å². The Morgan fingerprint density at radius 1 is 0.736 bits per heavy atom. The van der Waals surface area contributed by atoms with Crippen molar-refractivity contribution in [1.82, 2.24) is 21.3 Å². The zero-order chi connectivity index (χ0) is 39.0. The molecule has 0 heterocycles. The van der Waals surface area contributed by atoms with Crippen LogP contribution in [0.5, 0.6) is 0 Å². The van der Waals surface area contributed by atoms with E-state index in [4.69, 9.17) is 19.7 Å². The fourth-order valence-corrected chi connectivity index (χ4v) is 5.76. The predicted molar refractivity (Wildman–Crippen MR) is 199 cm³/mol. The largest absolute Gasteiger partial charge is 0.460 e. The minimum absolute atomic E-state index is 0.0148. The lowest BCUT2D eigenvalue weighted by atomic mass is 9.98. The monoisotopic (exact) mass is 735 g/mol. The zero-order valence-electron chi connectivity index (χ0n) is 31.5. The van der Waals surface area contributed by atoms with E-state index in [-0.39, 0.29) is 38.5 Å². The van der Waals surface area contributed by atoms with Crippen LogP contribution in [0.3, 0.4) is 0 Å². The summed E-state index contributed by atoms with van der Waals surface area (Å²) in [6, 6.07) is 13.3. The molecule has 288 valence electrons. The summed E-state index contributed by atoms with van der Waals surface area (Å²) in [6.07, 6.45) is 0.281. The van der Waals surface area contributed by atoms with E-state index in [1.807, 2.05) is 48.5 Å². The summed E-state index contributed by atoms with van der Waals surface area (Å²) in [6.45, 7) is 11.0. The van der Waals surface area contributed by atoms with Gasteiger partial charge in [-0.25, -0.2) is 9.59 Å². The van der Waals surface area contributed by atoms with E-state index in [9.17, 15) is 24.0 Å². The lowest BCUT2D eigenvalue weighted by molar-refractivity contribution is -0.156. The molecule has 53 heavy (non-hydrogen) atoms. The molecule has 1 aliphatic carbocycles. The number of ether oxygens (including phenoxy) is 3. The number of carbonyl (C=O) groups is 5. The smallest absolute Gasteiger partial charge is 0.407 e. The molecular weight excluding hydrogens is 682 g/mol. The van der Waals surface area contributed by atoms with E-state index >= 15 is 0 Å². The Hall–Kier alpha value is -5.30. The molecule has 1 aliphatic rings. The van der Waals surface area contributed by atoms with E-state index in [1.165, 1.54) is 0 Å². The summed E-state index contributed by atoms with van der Waals surface area (Å²) in [5, 5.41) is 14.1. The van der Waals surface area contributed by atoms with E-state index < -0.39 is 59.7 Å². The minimum Gasteiger partial charge on any atom is -0.460 e. The summed E-state index contributed by atoms with van der Waals surface area (Å²) in [5.41, 5.74) is 11.1. The Labute approximate surface area is 310 Å². The van der Waals surface area contributed by atoms with Gasteiger partial charge in [0, 0.05) is 30.5 Å². The topological polar surface area (TPSA) is 210 Å². The normalized spacial score (nSPS) is 13.2. The molecule has 0 saturated carbocycles. The molecule has 15 nitrogen and oxygen atoms in total. The van der Waals surface area contributed by atoms with Crippen LogP contribution in [0.2, 0.25) is 0 Å². The van der Waals surface area contributed by atoms with Gasteiger partial charge >= 0.3 is 18.2 Å². The van der Waals surface area contributed by atoms with Gasteiger partial charge in [0.1, 0.15) is 29.9 Å². The summed E-state index contributed by atoms with van der Waals surface area (Å²) >= 11 is 0. The first-order valence-corrected chi connectivity index (χ1v) is 18.0. The van der Waals surface area contributed by atoms with Gasteiger partial charge in [0.05, 0.1) is 6.42 Å². The molecule has 0 aromatic heterocycles. The highest BCUT2D eigenvalue weighted by Crippen LogP contribution is 2.44. The highest BCUT2D eigenvalue weighted by atomic mass is 16.6. The number of azide groups is 1. The number of benzene rings is 2. The number of fused-ring (bicyclic) bond motifs is 3. The average Bonchev–Trinajstić information content (AvgIpc) is 3.39. The molecule has 2 atom stereocenters. The van der Waals surface area contributed by atoms with Crippen molar-refractivity contribution in [2.24, 2.45) is 5.11 Å². The second-order valence-corrected chi connectivity index (χ2v) is 14.8. The molecule has 0 spiro atoms. The summed E-state index contributed by atoms with van der Waals surface area (Å²) in [4.78, 5) is 68.0. The maximum atomic E-state index is 13.8. The molecule has 0 fully saturated rings. The van der Waals surface area contributed by atoms with Gasteiger partial charge in [-0.05, 0) is 95.0 Å². The standard InChI is InChI=1S/C38H53N7O8/c1-37(2,3)52-32(46)23-31(33(47)40-20-12-7-13-22-42-45-39)43-34(48)30(19-14-21-41-35(49)53-38(4,5)6)44-36(50)51-24-29-27-17-10-8-15-25(27)26-16-9-11-18-28(26)29/h8-11,15-18,29-31H,7,12-14,19-24H2,1-6H3,(H,40,47)(H,41,49)(H,43,48)(H,44,50)/t30-,31-/m0/s1. The second kappa shape index (κ2) is 20.1.